The zero-order valence-electron chi connectivity index (χ0n) is 10.4. The van der Waals surface area contributed by atoms with Crippen LogP contribution in [0, 0.1) is 0 Å². The molecule has 0 fully saturated rings. The fraction of sp³-hybridized carbons (Fsp3) is 0.385. The Kier molecular flexibility index (Phi) is 4.64. The third-order valence-electron chi connectivity index (χ3n) is 2.56. The van der Waals surface area contributed by atoms with Crippen molar-refractivity contribution in [1.29, 1.82) is 0 Å². The number of para-hydroxylation sites is 2. The predicted octanol–water partition coefficient (Wildman–Crippen LogP) is 2.57. The number of aromatic amines is 1. The number of thioether (sulfide) groups is 1. The number of nitrogens with zero attached hydrogens (tertiary/aromatic N) is 1. The van der Waals surface area contributed by atoms with Crippen LogP contribution in [-0.2, 0) is 4.79 Å². The van der Waals surface area contributed by atoms with Gasteiger partial charge >= 0.3 is 0 Å². The minimum absolute atomic E-state index is 0.0638. The quantitative estimate of drug-likeness (QED) is 0.622. The number of aromatic nitrogens is 2. The Bertz CT molecular complexity index is 491. The number of amides is 1. The molecule has 0 saturated carbocycles. The zero-order chi connectivity index (χ0) is 12.8. The molecule has 2 aromatic rings. The van der Waals surface area contributed by atoms with E-state index in [1.165, 1.54) is 11.8 Å². The van der Waals surface area contributed by atoms with Gasteiger partial charge in [-0.1, -0.05) is 37.2 Å². The second kappa shape index (κ2) is 6.44. The minimum Gasteiger partial charge on any atom is -0.355 e. The number of rotatable bonds is 6. The van der Waals surface area contributed by atoms with E-state index in [0.717, 1.165) is 35.6 Å². The Balaban J connectivity index is 1.84. The van der Waals surface area contributed by atoms with Gasteiger partial charge in [0.15, 0.2) is 5.16 Å². The lowest BCUT2D eigenvalue weighted by atomic mass is 10.3. The number of nitrogens with one attached hydrogen (secondary N) is 2. The van der Waals surface area contributed by atoms with Crippen LogP contribution >= 0.6 is 11.8 Å². The maximum Gasteiger partial charge on any atom is 0.230 e. The van der Waals surface area contributed by atoms with Crippen LogP contribution < -0.4 is 5.32 Å². The standard InChI is InChI=1S/C13H17N3OS/c1-2-3-8-14-12(17)9-18-13-15-10-6-4-5-7-11(10)16-13/h4-7H,2-3,8-9H2,1H3,(H,14,17)(H,15,16). The minimum atomic E-state index is 0.0638. The molecule has 0 radical (unpaired) electrons. The predicted molar refractivity (Wildman–Crippen MR) is 74.7 cm³/mol. The van der Waals surface area contributed by atoms with Crippen LogP contribution in [0.15, 0.2) is 29.4 Å². The molecule has 0 aliphatic carbocycles. The van der Waals surface area contributed by atoms with Crippen molar-refractivity contribution < 1.29 is 4.79 Å². The molecule has 4 nitrogen and oxygen atoms in total. The molecule has 0 unspecified atom stereocenters. The third-order valence-corrected chi connectivity index (χ3v) is 3.43. The second-order valence-corrected chi connectivity index (χ2v) is 5.02. The molecule has 1 amide bonds. The number of benzene rings is 1. The summed E-state index contributed by atoms with van der Waals surface area (Å²) in [6.45, 7) is 2.87. The molecule has 1 aromatic carbocycles. The normalized spacial score (nSPS) is 10.7. The van der Waals surface area contributed by atoms with Gasteiger partial charge in [0.05, 0.1) is 16.8 Å². The first kappa shape index (κ1) is 13.0. The highest BCUT2D eigenvalue weighted by Gasteiger charge is 2.06. The lowest BCUT2D eigenvalue weighted by molar-refractivity contribution is -0.118. The Morgan fingerprint density at radius 3 is 3.06 bits per heavy atom. The second-order valence-electron chi connectivity index (χ2n) is 4.05. The molecule has 2 rings (SSSR count). The van der Waals surface area contributed by atoms with E-state index in [2.05, 4.69) is 22.2 Å². The molecule has 1 aromatic heterocycles. The van der Waals surface area contributed by atoms with E-state index in [1.54, 1.807) is 0 Å². The van der Waals surface area contributed by atoms with Crippen LogP contribution in [0.4, 0.5) is 0 Å². The van der Waals surface area contributed by atoms with E-state index in [0.29, 0.717) is 5.75 Å². The van der Waals surface area contributed by atoms with Gasteiger partial charge < -0.3 is 10.3 Å². The van der Waals surface area contributed by atoms with Gasteiger partial charge in [0, 0.05) is 6.54 Å². The number of fused-ring (bicyclic) bond motifs is 1. The maximum absolute atomic E-state index is 11.5. The van der Waals surface area contributed by atoms with E-state index in [4.69, 9.17) is 0 Å². The Morgan fingerprint density at radius 2 is 2.28 bits per heavy atom. The monoisotopic (exact) mass is 263 g/mol. The summed E-state index contributed by atoms with van der Waals surface area (Å²) in [7, 11) is 0. The van der Waals surface area contributed by atoms with Gasteiger partial charge in [-0.05, 0) is 18.6 Å². The smallest absolute Gasteiger partial charge is 0.230 e. The lowest BCUT2D eigenvalue weighted by Crippen LogP contribution is -2.26. The summed E-state index contributed by atoms with van der Waals surface area (Å²) in [5.41, 5.74) is 1.94. The van der Waals surface area contributed by atoms with E-state index >= 15 is 0 Å². The molecule has 5 heteroatoms. The van der Waals surface area contributed by atoms with Crippen LogP contribution in [0.1, 0.15) is 19.8 Å². The summed E-state index contributed by atoms with van der Waals surface area (Å²) >= 11 is 1.43. The van der Waals surface area contributed by atoms with Gasteiger partial charge in [0.25, 0.3) is 0 Å². The fourth-order valence-electron chi connectivity index (χ4n) is 1.59. The molecule has 1 heterocycles. The molecule has 0 atom stereocenters. The summed E-state index contributed by atoms with van der Waals surface area (Å²) in [4.78, 5) is 19.1. The first-order valence-corrected chi connectivity index (χ1v) is 7.12. The molecule has 18 heavy (non-hydrogen) atoms. The van der Waals surface area contributed by atoms with Crippen molar-refractivity contribution >= 4 is 28.7 Å². The Labute approximate surface area is 111 Å². The summed E-state index contributed by atoms with van der Waals surface area (Å²) in [6.07, 6.45) is 2.12. The van der Waals surface area contributed by atoms with Crippen LogP contribution in [0.2, 0.25) is 0 Å². The summed E-state index contributed by atoms with van der Waals surface area (Å²) < 4.78 is 0. The van der Waals surface area contributed by atoms with Gasteiger partial charge in [0.2, 0.25) is 5.91 Å². The van der Waals surface area contributed by atoms with Crippen molar-refractivity contribution in [3.63, 3.8) is 0 Å². The number of hydrogen-bond donors (Lipinski definition) is 2. The first-order valence-electron chi connectivity index (χ1n) is 6.14. The van der Waals surface area contributed by atoms with Gasteiger partial charge in [-0.25, -0.2) is 4.98 Å². The van der Waals surface area contributed by atoms with Crippen LogP contribution in [0.5, 0.6) is 0 Å². The van der Waals surface area contributed by atoms with Gasteiger partial charge in [-0.2, -0.15) is 0 Å². The summed E-state index contributed by atoms with van der Waals surface area (Å²) in [5, 5.41) is 3.68. The van der Waals surface area contributed by atoms with E-state index in [-0.39, 0.29) is 5.91 Å². The molecule has 0 aliphatic heterocycles. The van der Waals surface area contributed by atoms with Crippen LogP contribution in [0.25, 0.3) is 11.0 Å². The Morgan fingerprint density at radius 1 is 1.44 bits per heavy atom. The summed E-state index contributed by atoms with van der Waals surface area (Å²) in [5.74, 6) is 0.470. The average molecular weight is 263 g/mol. The van der Waals surface area contributed by atoms with Gasteiger partial charge in [0.1, 0.15) is 0 Å². The zero-order valence-corrected chi connectivity index (χ0v) is 11.2. The molecular weight excluding hydrogens is 246 g/mol. The lowest BCUT2D eigenvalue weighted by Gasteiger charge is -2.02. The third kappa shape index (κ3) is 3.50. The van der Waals surface area contributed by atoms with Gasteiger partial charge in [-0.3, -0.25) is 4.79 Å². The number of hydrogen-bond acceptors (Lipinski definition) is 3. The molecule has 0 spiro atoms. The maximum atomic E-state index is 11.5. The van der Waals surface area contributed by atoms with Crippen LogP contribution in [-0.4, -0.2) is 28.2 Å². The SMILES string of the molecule is CCCCNC(=O)CSc1nc2ccccc2[nH]1. The molecule has 0 bridgehead atoms. The number of imidazole rings is 1. The van der Waals surface area contributed by atoms with E-state index < -0.39 is 0 Å². The van der Waals surface area contributed by atoms with Crippen molar-refractivity contribution in [2.45, 2.75) is 24.9 Å². The highest BCUT2D eigenvalue weighted by molar-refractivity contribution is 7.99. The van der Waals surface area contributed by atoms with Gasteiger partial charge in [-0.15, -0.1) is 0 Å². The van der Waals surface area contributed by atoms with Crippen molar-refractivity contribution in [3.8, 4) is 0 Å². The Hall–Kier alpha value is -1.49. The van der Waals surface area contributed by atoms with E-state index in [1.807, 2.05) is 24.3 Å². The number of carbonyl (C=O) groups excluding carboxylic acids is 1. The number of unbranched alkanes of at least 4 members (excludes halogenated alkanes) is 1. The molecule has 0 aliphatic rings. The molecule has 0 saturated heterocycles. The van der Waals surface area contributed by atoms with E-state index in [9.17, 15) is 4.79 Å². The highest BCUT2D eigenvalue weighted by Crippen LogP contribution is 2.18. The molecule has 2 N–H and O–H groups in total. The van der Waals surface area contributed by atoms with Crippen molar-refractivity contribution in [1.82, 2.24) is 15.3 Å². The average Bonchev–Trinajstić information content (AvgIpc) is 2.79. The largest absolute Gasteiger partial charge is 0.355 e. The topological polar surface area (TPSA) is 57.8 Å². The number of H-pyrrole nitrogens is 1. The summed E-state index contributed by atoms with van der Waals surface area (Å²) in [6, 6.07) is 7.85. The molecule has 96 valence electrons. The fourth-order valence-corrected chi connectivity index (χ4v) is 2.30. The van der Waals surface area contributed by atoms with Crippen molar-refractivity contribution in [2.75, 3.05) is 12.3 Å². The van der Waals surface area contributed by atoms with Crippen molar-refractivity contribution in [3.05, 3.63) is 24.3 Å². The molecular formula is C13H17N3OS. The number of carbonyl (C=O) groups is 1. The first-order chi connectivity index (χ1) is 8.79. The van der Waals surface area contributed by atoms with Crippen LogP contribution in [0.3, 0.4) is 0 Å². The highest BCUT2D eigenvalue weighted by atomic mass is 32.2. The van der Waals surface area contributed by atoms with Crippen molar-refractivity contribution in [2.24, 2.45) is 0 Å².